The number of hydrogen-bond donors (Lipinski definition) is 0. The summed E-state index contributed by atoms with van der Waals surface area (Å²) in [6, 6.07) is 9.16. The van der Waals surface area contributed by atoms with Crippen LogP contribution < -0.4 is 0 Å². The van der Waals surface area contributed by atoms with Gasteiger partial charge >= 0.3 is 0 Å². The topological polar surface area (TPSA) is 86.7 Å². The smallest absolute Gasteiger partial charge is 0.272 e. The summed E-state index contributed by atoms with van der Waals surface area (Å²) in [6.45, 7) is 11.8. The third kappa shape index (κ3) is 6.61. The van der Waals surface area contributed by atoms with E-state index in [1.54, 1.807) is 7.05 Å². The van der Waals surface area contributed by atoms with E-state index in [-0.39, 0.29) is 17.4 Å². The van der Waals surface area contributed by atoms with Crippen LogP contribution >= 0.6 is 0 Å². The Bertz CT molecular complexity index is 1220. The van der Waals surface area contributed by atoms with Gasteiger partial charge in [-0.3, -0.25) is 4.79 Å². The highest BCUT2D eigenvalue weighted by molar-refractivity contribution is 7.88. The van der Waals surface area contributed by atoms with Crippen LogP contribution in [0.25, 0.3) is 0 Å². The molecular formula is C29H43N5O3S. The summed E-state index contributed by atoms with van der Waals surface area (Å²) in [7, 11) is -1.48. The van der Waals surface area contributed by atoms with Crippen molar-refractivity contribution >= 4 is 15.9 Å². The average Bonchev–Trinajstić information content (AvgIpc) is 2.88. The maximum absolute atomic E-state index is 13.4. The molecule has 0 atom stereocenters. The number of piperidine rings is 2. The van der Waals surface area contributed by atoms with Crippen LogP contribution in [0.15, 0.2) is 30.6 Å². The molecule has 0 spiro atoms. The maximum atomic E-state index is 13.4. The molecule has 2 aliphatic rings. The maximum Gasteiger partial charge on any atom is 0.272 e. The fourth-order valence-electron chi connectivity index (χ4n) is 5.67. The molecule has 4 rings (SSSR count). The first-order valence-electron chi connectivity index (χ1n) is 13.7. The highest BCUT2D eigenvalue weighted by Gasteiger charge is 2.33. The number of benzene rings is 1. The predicted octanol–water partition coefficient (Wildman–Crippen LogP) is 3.63. The summed E-state index contributed by atoms with van der Waals surface area (Å²) in [5.41, 5.74) is 4.84. The predicted molar refractivity (Wildman–Crippen MR) is 151 cm³/mol. The first-order valence-corrected chi connectivity index (χ1v) is 15.6. The van der Waals surface area contributed by atoms with Crippen molar-refractivity contribution in [1.82, 2.24) is 24.1 Å². The lowest BCUT2D eigenvalue weighted by Crippen LogP contribution is -2.52. The third-order valence-electron chi connectivity index (χ3n) is 8.39. The Morgan fingerprint density at radius 2 is 1.61 bits per heavy atom. The van der Waals surface area contributed by atoms with Crippen LogP contribution in [0.4, 0.5) is 0 Å². The van der Waals surface area contributed by atoms with Gasteiger partial charge in [0.1, 0.15) is 12.0 Å². The zero-order valence-electron chi connectivity index (χ0n) is 23.8. The molecule has 2 aromatic rings. The third-order valence-corrected chi connectivity index (χ3v) is 9.73. The van der Waals surface area contributed by atoms with Crippen LogP contribution in [-0.2, 0) is 21.9 Å². The van der Waals surface area contributed by atoms with Crippen LogP contribution in [0.1, 0.15) is 79.3 Å². The zero-order valence-corrected chi connectivity index (χ0v) is 24.6. The van der Waals surface area contributed by atoms with Gasteiger partial charge in [0.05, 0.1) is 11.9 Å². The van der Waals surface area contributed by atoms with Crippen LogP contribution in [0.3, 0.4) is 0 Å². The summed E-state index contributed by atoms with van der Waals surface area (Å²) in [5.74, 6) is -0.0128. The van der Waals surface area contributed by atoms with E-state index < -0.39 is 10.0 Å². The fourth-order valence-corrected chi connectivity index (χ4v) is 6.42. The number of carbonyl (C=O) groups excluding carboxylic acids is 1. The number of rotatable bonds is 6. The lowest BCUT2D eigenvalue weighted by molar-refractivity contribution is 0.0542. The van der Waals surface area contributed by atoms with E-state index in [4.69, 9.17) is 0 Å². The van der Waals surface area contributed by atoms with Gasteiger partial charge in [0, 0.05) is 44.2 Å². The average molecular weight is 542 g/mol. The monoisotopic (exact) mass is 541 g/mol. The molecule has 3 heterocycles. The SMILES string of the molecule is Cc1c(Cc2ccc(C(C)(C)C)cc2)ncnc1C(=O)N1CCC(N2CCC(N(C)S(C)(=O)=O)CC2)CC1. The van der Waals surface area contributed by atoms with Gasteiger partial charge in [0.15, 0.2) is 0 Å². The van der Waals surface area contributed by atoms with Crippen molar-refractivity contribution in [3.05, 3.63) is 58.7 Å². The second kappa shape index (κ2) is 11.4. The van der Waals surface area contributed by atoms with E-state index in [1.165, 1.54) is 28.0 Å². The van der Waals surface area contributed by atoms with Crippen LogP contribution in [0.2, 0.25) is 0 Å². The van der Waals surface area contributed by atoms with Crippen LogP contribution in [-0.4, -0.2) is 90.0 Å². The van der Waals surface area contributed by atoms with E-state index in [2.05, 4.69) is 59.9 Å². The molecule has 8 nitrogen and oxygen atoms in total. The van der Waals surface area contributed by atoms with E-state index in [0.29, 0.717) is 31.2 Å². The second-order valence-corrected chi connectivity index (χ2v) is 14.0. The minimum atomic E-state index is -3.16. The molecule has 2 fully saturated rings. The number of carbonyl (C=O) groups is 1. The number of nitrogens with zero attached hydrogens (tertiary/aromatic N) is 5. The normalized spacial score (nSPS) is 18.8. The Balaban J connectivity index is 1.33. The van der Waals surface area contributed by atoms with Crippen molar-refractivity contribution in [3.8, 4) is 0 Å². The van der Waals surface area contributed by atoms with Gasteiger partial charge in [-0.05, 0) is 62.2 Å². The molecule has 1 amide bonds. The van der Waals surface area contributed by atoms with E-state index >= 15 is 0 Å². The molecule has 0 N–H and O–H groups in total. The molecule has 38 heavy (non-hydrogen) atoms. The molecule has 2 aliphatic heterocycles. The Hall–Kier alpha value is -2.36. The molecule has 1 aromatic carbocycles. The van der Waals surface area contributed by atoms with Gasteiger partial charge in [-0.1, -0.05) is 45.0 Å². The van der Waals surface area contributed by atoms with Gasteiger partial charge in [0.25, 0.3) is 5.91 Å². The summed E-state index contributed by atoms with van der Waals surface area (Å²) in [6.07, 6.45) is 7.02. The Morgan fingerprint density at radius 1 is 1.00 bits per heavy atom. The van der Waals surface area contributed by atoms with Crippen LogP contribution in [0, 0.1) is 6.92 Å². The lowest BCUT2D eigenvalue weighted by atomic mass is 9.86. The Labute approximate surface area is 228 Å². The minimum Gasteiger partial charge on any atom is -0.337 e. The molecule has 0 radical (unpaired) electrons. The minimum absolute atomic E-state index is 0.0128. The molecule has 2 saturated heterocycles. The van der Waals surface area contributed by atoms with Gasteiger partial charge < -0.3 is 9.80 Å². The zero-order chi connectivity index (χ0) is 27.7. The molecule has 208 valence electrons. The number of aromatic nitrogens is 2. The van der Waals surface area contributed by atoms with Crippen molar-refractivity contribution in [2.24, 2.45) is 0 Å². The molecule has 1 aromatic heterocycles. The number of amides is 1. The molecule has 0 aliphatic carbocycles. The van der Waals surface area contributed by atoms with Crippen molar-refractivity contribution in [3.63, 3.8) is 0 Å². The highest BCUT2D eigenvalue weighted by Crippen LogP contribution is 2.26. The van der Waals surface area contributed by atoms with Crippen molar-refractivity contribution in [1.29, 1.82) is 0 Å². The van der Waals surface area contributed by atoms with E-state index in [0.717, 1.165) is 50.0 Å². The summed E-state index contributed by atoms with van der Waals surface area (Å²) >= 11 is 0. The number of likely N-dealkylation sites (tertiary alicyclic amines) is 2. The van der Waals surface area contributed by atoms with E-state index in [1.807, 2.05) is 11.8 Å². The Morgan fingerprint density at radius 3 is 2.16 bits per heavy atom. The molecule has 0 unspecified atom stereocenters. The first kappa shape index (κ1) is 28.6. The van der Waals surface area contributed by atoms with Crippen molar-refractivity contribution in [2.45, 2.75) is 77.3 Å². The lowest BCUT2D eigenvalue weighted by Gasteiger charge is -2.43. The second-order valence-electron chi connectivity index (χ2n) is 12.0. The van der Waals surface area contributed by atoms with Gasteiger partial charge in [-0.15, -0.1) is 0 Å². The number of hydrogen-bond acceptors (Lipinski definition) is 6. The largest absolute Gasteiger partial charge is 0.337 e. The summed E-state index contributed by atoms with van der Waals surface area (Å²) in [4.78, 5) is 26.7. The molecule has 0 saturated carbocycles. The first-order chi connectivity index (χ1) is 17.8. The fraction of sp³-hybridized carbons (Fsp3) is 0.621. The van der Waals surface area contributed by atoms with Crippen LogP contribution in [0.5, 0.6) is 0 Å². The quantitative estimate of drug-likeness (QED) is 0.555. The standard InChI is InChI=1S/C29H43N5O3S/c1-21-26(19-22-7-9-23(10-8-22)29(2,3)4)30-20-31-27(21)28(35)34-17-13-25(14-18-34)33-15-11-24(12-16-33)32(5)38(6,36)37/h7-10,20,24-25H,11-19H2,1-6H3. The van der Waals surface area contributed by atoms with Crippen molar-refractivity contribution in [2.75, 3.05) is 39.5 Å². The molecule has 0 bridgehead atoms. The van der Waals surface area contributed by atoms with E-state index in [9.17, 15) is 13.2 Å². The van der Waals surface area contributed by atoms with Crippen molar-refractivity contribution < 1.29 is 13.2 Å². The van der Waals surface area contributed by atoms with Gasteiger partial charge in [-0.25, -0.2) is 22.7 Å². The van der Waals surface area contributed by atoms with Gasteiger partial charge in [0.2, 0.25) is 10.0 Å². The summed E-state index contributed by atoms with van der Waals surface area (Å²) in [5, 5.41) is 0. The number of sulfonamides is 1. The van der Waals surface area contributed by atoms with Gasteiger partial charge in [-0.2, -0.15) is 0 Å². The summed E-state index contributed by atoms with van der Waals surface area (Å²) < 4.78 is 25.3. The molecule has 9 heteroatoms. The highest BCUT2D eigenvalue weighted by atomic mass is 32.2. The molecular weight excluding hydrogens is 498 g/mol. The Kier molecular flexibility index (Phi) is 8.59.